The van der Waals surface area contributed by atoms with Gasteiger partial charge in [-0.05, 0) is 23.8 Å². The van der Waals surface area contributed by atoms with Gasteiger partial charge in [0.2, 0.25) is 0 Å². The minimum absolute atomic E-state index is 0.0152. The molecule has 1 aromatic heterocycles. The van der Waals surface area contributed by atoms with Crippen LogP contribution in [-0.4, -0.2) is 22.5 Å². The summed E-state index contributed by atoms with van der Waals surface area (Å²) in [5.41, 5.74) is 0.709. The highest BCUT2D eigenvalue weighted by atomic mass is 35.5. The maximum absolute atomic E-state index is 12.7. The van der Waals surface area contributed by atoms with Crippen molar-refractivity contribution in [3.05, 3.63) is 57.6 Å². The summed E-state index contributed by atoms with van der Waals surface area (Å²) in [7, 11) is 0. The Morgan fingerprint density at radius 3 is 2.55 bits per heavy atom. The van der Waals surface area contributed by atoms with E-state index in [0.717, 1.165) is 0 Å². The van der Waals surface area contributed by atoms with Crippen LogP contribution >= 0.6 is 23.2 Å². The van der Waals surface area contributed by atoms with Gasteiger partial charge in [0.1, 0.15) is 16.7 Å². The van der Waals surface area contributed by atoms with Gasteiger partial charge < -0.3 is 15.4 Å². The third-order valence-electron chi connectivity index (χ3n) is 2.68. The summed E-state index contributed by atoms with van der Waals surface area (Å²) >= 11 is 11.4. The summed E-state index contributed by atoms with van der Waals surface area (Å²) in [6, 6.07) is 6.78. The van der Waals surface area contributed by atoms with E-state index < -0.39 is 12.0 Å². The SMILES string of the molecule is O=C(NCC(O)c1ccc(F)cc1)c1cc(Cl)c(Cl)[nH]1. The van der Waals surface area contributed by atoms with E-state index in [0.29, 0.717) is 5.56 Å². The highest BCUT2D eigenvalue weighted by molar-refractivity contribution is 6.41. The van der Waals surface area contributed by atoms with Crippen LogP contribution in [0.3, 0.4) is 0 Å². The van der Waals surface area contributed by atoms with E-state index in [9.17, 15) is 14.3 Å². The molecule has 7 heteroatoms. The highest BCUT2D eigenvalue weighted by Crippen LogP contribution is 2.21. The van der Waals surface area contributed by atoms with Crippen LogP contribution in [0.4, 0.5) is 4.39 Å². The summed E-state index contributed by atoms with van der Waals surface area (Å²) < 4.78 is 12.7. The number of benzene rings is 1. The van der Waals surface area contributed by atoms with Crippen LogP contribution in [0.15, 0.2) is 30.3 Å². The Kier molecular flexibility index (Phi) is 4.65. The van der Waals surface area contributed by atoms with E-state index >= 15 is 0 Å². The number of hydrogen-bond acceptors (Lipinski definition) is 2. The van der Waals surface area contributed by atoms with Gasteiger partial charge in [0.05, 0.1) is 11.1 Å². The number of H-pyrrole nitrogens is 1. The van der Waals surface area contributed by atoms with Crippen LogP contribution in [-0.2, 0) is 0 Å². The third kappa shape index (κ3) is 3.50. The summed E-state index contributed by atoms with van der Waals surface area (Å²) in [6.45, 7) is -0.0152. The number of aromatic amines is 1. The van der Waals surface area contributed by atoms with Gasteiger partial charge in [0.25, 0.3) is 5.91 Å². The second kappa shape index (κ2) is 6.26. The number of aliphatic hydroxyl groups is 1. The largest absolute Gasteiger partial charge is 0.387 e. The lowest BCUT2D eigenvalue weighted by molar-refractivity contribution is 0.0912. The average molecular weight is 317 g/mol. The Bertz CT molecular complexity index is 594. The number of amides is 1. The predicted molar refractivity (Wildman–Crippen MR) is 74.5 cm³/mol. The van der Waals surface area contributed by atoms with Crippen LogP contribution in [0.1, 0.15) is 22.2 Å². The monoisotopic (exact) mass is 316 g/mol. The number of hydrogen-bond donors (Lipinski definition) is 3. The number of carbonyl (C=O) groups is 1. The molecule has 1 aromatic carbocycles. The molecule has 1 heterocycles. The van der Waals surface area contributed by atoms with Crippen LogP contribution < -0.4 is 5.32 Å². The van der Waals surface area contributed by atoms with Gasteiger partial charge in [0.15, 0.2) is 0 Å². The van der Waals surface area contributed by atoms with E-state index in [1.807, 2.05) is 0 Å². The summed E-state index contributed by atoms with van der Waals surface area (Å²) in [6.07, 6.45) is -0.930. The van der Waals surface area contributed by atoms with Gasteiger partial charge >= 0.3 is 0 Å². The first-order valence-corrected chi connectivity index (χ1v) is 6.48. The molecule has 1 amide bonds. The molecule has 0 spiro atoms. The third-order valence-corrected chi connectivity index (χ3v) is 3.37. The Morgan fingerprint density at radius 1 is 1.35 bits per heavy atom. The predicted octanol–water partition coefficient (Wildman–Crippen LogP) is 2.92. The second-order valence-corrected chi connectivity index (χ2v) is 4.91. The first kappa shape index (κ1) is 14.8. The van der Waals surface area contributed by atoms with Crippen molar-refractivity contribution in [1.82, 2.24) is 10.3 Å². The molecule has 20 heavy (non-hydrogen) atoms. The van der Waals surface area contributed by atoms with Gasteiger partial charge in [-0.3, -0.25) is 4.79 Å². The fraction of sp³-hybridized carbons (Fsp3) is 0.154. The Balaban J connectivity index is 1.94. The van der Waals surface area contributed by atoms with Crippen molar-refractivity contribution in [3.8, 4) is 0 Å². The minimum Gasteiger partial charge on any atom is -0.387 e. The second-order valence-electron chi connectivity index (χ2n) is 4.12. The van der Waals surface area contributed by atoms with Gasteiger partial charge in [-0.2, -0.15) is 0 Å². The molecule has 0 aliphatic rings. The molecule has 2 rings (SSSR count). The van der Waals surface area contributed by atoms with Crippen molar-refractivity contribution in [2.45, 2.75) is 6.10 Å². The zero-order chi connectivity index (χ0) is 14.7. The van der Waals surface area contributed by atoms with Gasteiger partial charge in [-0.15, -0.1) is 0 Å². The molecule has 0 radical (unpaired) electrons. The molecule has 106 valence electrons. The van der Waals surface area contributed by atoms with Crippen molar-refractivity contribution < 1.29 is 14.3 Å². The minimum atomic E-state index is -0.930. The van der Waals surface area contributed by atoms with Crippen molar-refractivity contribution in [2.75, 3.05) is 6.54 Å². The summed E-state index contributed by atoms with van der Waals surface area (Å²) in [5, 5.41) is 12.8. The number of aliphatic hydroxyl groups excluding tert-OH is 1. The number of rotatable bonds is 4. The van der Waals surface area contributed by atoms with Gasteiger partial charge in [-0.1, -0.05) is 35.3 Å². The lowest BCUT2D eigenvalue weighted by Gasteiger charge is -2.11. The van der Waals surface area contributed by atoms with Crippen LogP contribution in [0.25, 0.3) is 0 Å². The summed E-state index contributed by atoms with van der Waals surface area (Å²) in [4.78, 5) is 14.4. The van der Waals surface area contributed by atoms with Crippen LogP contribution in [0.2, 0.25) is 10.2 Å². The molecule has 3 N–H and O–H groups in total. The maximum atomic E-state index is 12.7. The molecule has 0 saturated heterocycles. The number of aromatic nitrogens is 1. The molecule has 0 saturated carbocycles. The zero-order valence-corrected chi connectivity index (χ0v) is 11.7. The molecular weight excluding hydrogens is 306 g/mol. The topological polar surface area (TPSA) is 65.1 Å². The van der Waals surface area contributed by atoms with Crippen LogP contribution in [0.5, 0.6) is 0 Å². The molecule has 1 unspecified atom stereocenters. The first-order valence-electron chi connectivity index (χ1n) is 5.73. The average Bonchev–Trinajstić information content (AvgIpc) is 2.76. The Morgan fingerprint density at radius 2 is 2.00 bits per heavy atom. The summed E-state index contributed by atoms with van der Waals surface area (Å²) in [5.74, 6) is -0.833. The molecule has 0 aliphatic heterocycles. The van der Waals surface area contributed by atoms with E-state index in [4.69, 9.17) is 23.2 Å². The lowest BCUT2D eigenvalue weighted by atomic mass is 10.1. The quantitative estimate of drug-likeness (QED) is 0.812. The van der Waals surface area contributed by atoms with Crippen molar-refractivity contribution in [3.63, 3.8) is 0 Å². The van der Waals surface area contributed by atoms with Gasteiger partial charge in [-0.25, -0.2) is 4.39 Å². The highest BCUT2D eigenvalue weighted by Gasteiger charge is 2.14. The fourth-order valence-corrected chi connectivity index (χ4v) is 1.93. The van der Waals surface area contributed by atoms with Gasteiger partial charge in [0, 0.05) is 6.54 Å². The molecule has 0 fully saturated rings. The Labute approximate surface area is 124 Å². The number of nitrogens with one attached hydrogen (secondary N) is 2. The molecule has 0 aliphatic carbocycles. The Hall–Kier alpha value is -1.56. The molecule has 1 atom stereocenters. The van der Waals surface area contributed by atoms with E-state index in [1.165, 1.54) is 30.3 Å². The standard InChI is InChI=1S/C13H11Cl2FN2O2/c14-9-5-10(18-12(9)15)13(20)17-6-11(19)7-1-3-8(16)4-2-7/h1-5,11,18-19H,6H2,(H,17,20). The molecule has 4 nitrogen and oxygen atoms in total. The molecular formula is C13H11Cl2FN2O2. The van der Waals surface area contributed by atoms with Crippen LogP contribution in [0, 0.1) is 5.82 Å². The fourth-order valence-electron chi connectivity index (χ4n) is 1.61. The number of halogens is 3. The lowest BCUT2D eigenvalue weighted by Crippen LogP contribution is -2.28. The zero-order valence-electron chi connectivity index (χ0n) is 10.2. The van der Waals surface area contributed by atoms with E-state index in [-0.39, 0.29) is 28.2 Å². The van der Waals surface area contributed by atoms with Crippen molar-refractivity contribution in [2.24, 2.45) is 0 Å². The maximum Gasteiger partial charge on any atom is 0.267 e. The normalized spacial score (nSPS) is 12.2. The smallest absolute Gasteiger partial charge is 0.267 e. The van der Waals surface area contributed by atoms with Crippen molar-refractivity contribution in [1.29, 1.82) is 0 Å². The molecule has 0 bridgehead atoms. The van der Waals surface area contributed by atoms with E-state index in [1.54, 1.807) is 0 Å². The van der Waals surface area contributed by atoms with E-state index in [2.05, 4.69) is 10.3 Å². The van der Waals surface area contributed by atoms with Crippen molar-refractivity contribution >= 4 is 29.1 Å². The number of carbonyl (C=O) groups excluding carboxylic acids is 1. The molecule has 2 aromatic rings. The first-order chi connectivity index (χ1) is 9.47.